The Morgan fingerprint density at radius 2 is 1.50 bits per heavy atom. The Kier molecular flexibility index (Phi) is 2.78. The van der Waals surface area contributed by atoms with Crippen molar-refractivity contribution in [1.29, 1.82) is 0 Å². The molecule has 2 heterocycles. The Morgan fingerprint density at radius 1 is 0.864 bits per heavy atom. The van der Waals surface area contributed by atoms with Crippen LogP contribution in [0.15, 0.2) is 42.5 Å². The molecule has 5 heteroatoms. The number of amides is 2. The van der Waals surface area contributed by atoms with E-state index in [1.165, 1.54) is 0 Å². The van der Waals surface area contributed by atoms with Crippen LogP contribution >= 0.6 is 11.6 Å². The van der Waals surface area contributed by atoms with Crippen LogP contribution in [-0.2, 0) is 22.4 Å². The van der Waals surface area contributed by atoms with Gasteiger partial charge in [-0.2, -0.15) is 0 Å². The average Bonchev–Trinajstić information content (AvgIpc) is 2.50. The van der Waals surface area contributed by atoms with Gasteiger partial charge < -0.3 is 10.6 Å². The Balaban J connectivity index is 1.80. The summed E-state index contributed by atoms with van der Waals surface area (Å²) < 4.78 is 0. The van der Waals surface area contributed by atoms with Gasteiger partial charge in [-0.1, -0.05) is 35.9 Å². The van der Waals surface area contributed by atoms with E-state index in [0.29, 0.717) is 23.6 Å². The van der Waals surface area contributed by atoms with Gasteiger partial charge in [-0.05, 0) is 42.2 Å². The minimum Gasteiger partial charge on any atom is -0.325 e. The molecular formula is C17H13ClN2O2. The molecule has 2 amide bonds. The molecular weight excluding hydrogens is 300 g/mol. The van der Waals surface area contributed by atoms with E-state index in [0.717, 1.165) is 16.8 Å². The van der Waals surface area contributed by atoms with Gasteiger partial charge in [0, 0.05) is 16.4 Å². The van der Waals surface area contributed by atoms with Crippen LogP contribution in [-0.4, -0.2) is 11.8 Å². The van der Waals surface area contributed by atoms with Gasteiger partial charge in [0.15, 0.2) is 0 Å². The molecule has 0 unspecified atom stereocenters. The summed E-state index contributed by atoms with van der Waals surface area (Å²) in [6.45, 7) is 0. The van der Waals surface area contributed by atoms with E-state index in [2.05, 4.69) is 10.6 Å². The van der Waals surface area contributed by atoms with Crippen LogP contribution in [0.25, 0.3) is 0 Å². The third-order valence-corrected chi connectivity index (χ3v) is 4.67. The molecule has 4 rings (SSSR count). The Hall–Kier alpha value is -2.33. The lowest BCUT2D eigenvalue weighted by Gasteiger charge is -2.39. The summed E-state index contributed by atoms with van der Waals surface area (Å²) in [7, 11) is 0. The predicted octanol–water partition coefficient (Wildman–Crippen LogP) is 3.02. The largest absolute Gasteiger partial charge is 0.325 e. The first-order valence-electron chi connectivity index (χ1n) is 7.08. The highest BCUT2D eigenvalue weighted by molar-refractivity contribution is 6.31. The molecule has 4 nitrogen and oxygen atoms in total. The molecule has 0 fully saturated rings. The van der Waals surface area contributed by atoms with Crippen molar-refractivity contribution >= 4 is 34.8 Å². The summed E-state index contributed by atoms with van der Waals surface area (Å²) in [5.41, 5.74) is 2.30. The van der Waals surface area contributed by atoms with Crippen molar-refractivity contribution in [3.05, 3.63) is 58.6 Å². The molecule has 0 saturated heterocycles. The molecule has 2 aliphatic heterocycles. The zero-order valence-corrected chi connectivity index (χ0v) is 12.4. The van der Waals surface area contributed by atoms with E-state index in [9.17, 15) is 9.59 Å². The number of fused-ring (bicyclic) bond motifs is 2. The molecule has 0 aliphatic carbocycles. The first-order valence-corrected chi connectivity index (χ1v) is 7.45. The highest BCUT2D eigenvalue weighted by Gasteiger charge is 2.51. The normalized spacial score (nSPS) is 22.6. The highest BCUT2D eigenvalue weighted by Crippen LogP contribution is 2.42. The second-order valence-corrected chi connectivity index (χ2v) is 6.24. The molecule has 2 aromatic carbocycles. The van der Waals surface area contributed by atoms with Gasteiger partial charge in [0.25, 0.3) is 0 Å². The van der Waals surface area contributed by atoms with E-state index >= 15 is 0 Å². The number of nitrogens with one attached hydrogen (secondary N) is 2. The maximum absolute atomic E-state index is 12.7. The van der Waals surface area contributed by atoms with Crippen molar-refractivity contribution in [2.75, 3.05) is 10.6 Å². The van der Waals surface area contributed by atoms with Gasteiger partial charge in [0.05, 0.1) is 0 Å². The summed E-state index contributed by atoms with van der Waals surface area (Å²) in [5.74, 6) is -0.515. The molecule has 2 aromatic rings. The molecule has 110 valence electrons. The number of hydrogen-bond acceptors (Lipinski definition) is 2. The van der Waals surface area contributed by atoms with Gasteiger partial charge in [-0.25, -0.2) is 0 Å². The number of carbonyl (C=O) groups is 2. The van der Waals surface area contributed by atoms with Crippen LogP contribution < -0.4 is 10.6 Å². The molecule has 2 N–H and O–H groups in total. The highest BCUT2D eigenvalue weighted by atomic mass is 35.5. The zero-order chi connectivity index (χ0) is 15.3. The van der Waals surface area contributed by atoms with Gasteiger partial charge >= 0.3 is 0 Å². The topological polar surface area (TPSA) is 58.2 Å². The van der Waals surface area contributed by atoms with Crippen molar-refractivity contribution in [3.8, 4) is 0 Å². The second-order valence-electron chi connectivity index (χ2n) is 5.80. The molecule has 1 spiro atoms. The molecule has 0 radical (unpaired) electrons. The zero-order valence-electron chi connectivity index (χ0n) is 11.7. The van der Waals surface area contributed by atoms with Gasteiger partial charge in [-0.15, -0.1) is 0 Å². The standard InChI is InChI=1S/C17H13ClN2O2/c18-12-6-5-11-9-17(16(22)20-14(11)7-12)8-10-3-1-2-4-13(10)19-15(17)21/h1-7H,8-9H2,(H,19,21)(H,20,22)/t17-/m0/s1. The van der Waals surface area contributed by atoms with Crippen LogP contribution in [0.4, 0.5) is 11.4 Å². The van der Waals surface area contributed by atoms with Crippen molar-refractivity contribution in [1.82, 2.24) is 0 Å². The smallest absolute Gasteiger partial charge is 0.240 e. The summed E-state index contributed by atoms with van der Waals surface area (Å²) >= 11 is 5.97. The fraction of sp³-hybridized carbons (Fsp3) is 0.176. The van der Waals surface area contributed by atoms with E-state index in [1.807, 2.05) is 30.3 Å². The first-order chi connectivity index (χ1) is 10.6. The number of benzene rings is 2. The third-order valence-electron chi connectivity index (χ3n) is 4.44. The van der Waals surface area contributed by atoms with Crippen molar-refractivity contribution < 1.29 is 9.59 Å². The first kappa shape index (κ1) is 13.3. The van der Waals surface area contributed by atoms with Crippen LogP contribution in [0.1, 0.15) is 11.1 Å². The number of halogens is 1. The molecule has 0 bridgehead atoms. The minimum atomic E-state index is -1.09. The molecule has 0 saturated carbocycles. The minimum absolute atomic E-state index is 0.246. The third kappa shape index (κ3) is 1.84. The Bertz CT molecular complexity index is 818. The summed E-state index contributed by atoms with van der Waals surface area (Å²) in [4.78, 5) is 25.3. The number of carbonyl (C=O) groups excluding carboxylic acids is 2. The van der Waals surface area contributed by atoms with Crippen molar-refractivity contribution in [3.63, 3.8) is 0 Å². The number of anilines is 2. The molecule has 2 aliphatic rings. The van der Waals surface area contributed by atoms with Crippen LogP contribution in [0.3, 0.4) is 0 Å². The molecule has 0 aromatic heterocycles. The fourth-order valence-electron chi connectivity index (χ4n) is 3.24. The van der Waals surface area contributed by atoms with E-state index in [1.54, 1.807) is 12.1 Å². The fourth-order valence-corrected chi connectivity index (χ4v) is 3.41. The van der Waals surface area contributed by atoms with Crippen LogP contribution in [0, 0.1) is 5.41 Å². The van der Waals surface area contributed by atoms with E-state index in [4.69, 9.17) is 11.6 Å². The Morgan fingerprint density at radius 3 is 2.27 bits per heavy atom. The molecule has 1 atom stereocenters. The Labute approximate surface area is 132 Å². The van der Waals surface area contributed by atoms with Gasteiger partial charge in [-0.3, -0.25) is 9.59 Å². The maximum atomic E-state index is 12.7. The lowest BCUT2D eigenvalue weighted by atomic mass is 9.70. The predicted molar refractivity (Wildman–Crippen MR) is 85.0 cm³/mol. The quantitative estimate of drug-likeness (QED) is 0.735. The second kappa shape index (κ2) is 4.58. The number of hydrogen-bond donors (Lipinski definition) is 2. The lowest BCUT2D eigenvalue weighted by Crippen LogP contribution is -2.53. The number of para-hydroxylation sites is 1. The SMILES string of the molecule is O=C1Nc2ccccc2C[C@]12Cc1ccc(Cl)cc1NC2=O. The molecule has 22 heavy (non-hydrogen) atoms. The van der Waals surface area contributed by atoms with Gasteiger partial charge in [0.1, 0.15) is 5.41 Å². The van der Waals surface area contributed by atoms with Crippen molar-refractivity contribution in [2.24, 2.45) is 5.41 Å². The van der Waals surface area contributed by atoms with Gasteiger partial charge in [0.2, 0.25) is 11.8 Å². The summed E-state index contributed by atoms with van der Waals surface area (Å²) in [6.07, 6.45) is 0.786. The van der Waals surface area contributed by atoms with Crippen LogP contribution in [0.2, 0.25) is 5.02 Å². The average molecular weight is 313 g/mol. The van der Waals surface area contributed by atoms with E-state index < -0.39 is 5.41 Å². The lowest BCUT2D eigenvalue weighted by molar-refractivity contribution is -0.138. The number of rotatable bonds is 0. The summed E-state index contributed by atoms with van der Waals surface area (Å²) in [6, 6.07) is 13.0. The maximum Gasteiger partial charge on any atom is 0.240 e. The summed E-state index contributed by atoms with van der Waals surface area (Å²) in [5, 5.41) is 6.27. The van der Waals surface area contributed by atoms with Crippen molar-refractivity contribution in [2.45, 2.75) is 12.8 Å². The van der Waals surface area contributed by atoms with E-state index in [-0.39, 0.29) is 11.8 Å². The monoisotopic (exact) mass is 312 g/mol. The van der Waals surface area contributed by atoms with Crippen LogP contribution in [0.5, 0.6) is 0 Å².